The molecular weight excluding hydrogens is 230 g/mol. The molecule has 0 aliphatic rings. The van der Waals surface area contributed by atoms with Gasteiger partial charge in [-0.15, -0.1) is 0 Å². The summed E-state index contributed by atoms with van der Waals surface area (Å²) < 4.78 is 3.50. The number of aromatic nitrogens is 3. The van der Waals surface area contributed by atoms with Gasteiger partial charge in [0.25, 0.3) is 5.91 Å². The molecule has 1 amide bonds. The second-order valence-corrected chi connectivity index (χ2v) is 4.37. The third-order valence-electron chi connectivity index (χ3n) is 2.66. The summed E-state index contributed by atoms with van der Waals surface area (Å²) in [6.07, 6.45) is 5.29. The van der Waals surface area contributed by atoms with Crippen molar-refractivity contribution in [2.75, 3.05) is 5.73 Å². The molecule has 2 rings (SSSR count). The summed E-state index contributed by atoms with van der Waals surface area (Å²) in [4.78, 5) is 12.0. The maximum atomic E-state index is 12.0. The van der Waals surface area contributed by atoms with Crippen LogP contribution in [0.3, 0.4) is 0 Å². The molecule has 18 heavy (non-hydrogen) atoms. The van der Waals surface area contributed by atoms with Crippen molar-refractivity contribution in [3.05, 3.63) is 36.4 Å². The quantitative estimate of drug-likeness (QED) is 0.831. The van der Waals surface area contributed by atoms with E-state index in [1.807, 2.05) is 19.2 Å². The van der Waals surface area contributed by atoms with Gasteiger partial charge < -0.3 is 15.6 Å². The van der Waals surface area contributed by atoms with Crippen molar-refractivity contribution in [2.24, 2.45) is 7.05 Å². The third-order valence-corrected chi connectivity index (χ3v) is 2.66. The van der Waals surface area contributed by atoms with Gasteiger partial charge in [0.2, 0.25) is 0 Å². The fourth-order valence-electron chi connectivity index (χ4n) is 1.85. The smallest absolute Gasteiger partial charge is 0.268 e. The minimum atomic E-state index is -0.131. The molecule has 0 spiro atoms. The van der Waals surface area contributed by atoms with Gasteiger partial charge in [0.15, 0.2) is 0 Å². The Kier molecular flexibility index (Phi) is 3.36. The topological polar surface area (TPSA) is 77.9 Å². The Morgan fingerprint density at radius 1 is 1.61 bits per heavy atom. The summed E-state index contributed by atoms with van der Waals surface area (Å²) in [6.45, 7) is 2.57. The lowest BCUT2D eigenvalue weighted by Crippen LogP contribution is -2.36. The summed E-state index contributed by atoms with van der Waals surface area (Å²) in [7, 11) is 1.80. The molecule has 96 valence electrons. The van der Waals surface area contributed by atoms with E-state index in [1.54, 1.807) is 34.8 Å². The molecule has 0 bridgehead atoms. The van der Waals surface area contributed by atoms with Crippen molar-refractivity contribution < 1.29 is 4.79 Å². The van der Waals surface area contributed by atoms with Crippen LogP contribution in [0.4, 0.5) is 5.69 Å². The molecule has 0 aromatic carbocycles. The van der Waals surface area contributed by atoms with Gasteiger partial charge in [0.05, 0.1) is 12.2 Å². The first-order valence-electron chi connectivity index (χ1n) is 5.76. The van der Waals surface area contributed by atoms with Gasteiger partial charge >= 0.3 is 0 Å². The largest absolute Gasteiger partial charge is 0.397 e. The van der Waals surface area contributed by atoms with Crippen molar-refractivity contribution in [2.45, 2.75) is 19.5 Å². The first kappa shape index (κ1) is 12.2. The maximum absolute atomic E-state index is 12.0. The molecule has 6 heteroatoms. The lowest BCUT2D eigenvalue weighted by atomic mass is 10.3. The highest BCUT2D eigenvalue weighted by atomic mass is 16.2. The van der Waals surface area contributed by atoms with E-state index in [4.69, 9.17) is 5.73 Å². The number of rotatable bonds is 4. The van der Waals surface area contributed by atoms with Gasteiger partial charge in [-0.3, -0.25) is 9.48 Å². The van der Waals surface area contributed by atoms with Gasteiger partial charge in [-0.1, -0.05) is 0 Å². The number of anilines is 1. The zero-order valence-electron chi connectivity index (χ0n) is 10.5. The van der Waals surface area contributed by atoms with E-state index in [2.05, 4.69) is 10.4 Å². The predicted octanol–water partition coefficient (Wildman–Crippen LogP) is 0.622. The molecular formula is C12H17N5O. The molecule has 1 atom stereocenters. The normalized spacial score (nSPS) is 12.3. The summed E-state index contributed by atoms with van der Waals surface area (Å²) >= 11 is 0. The van der Waals surface area contributed by atoms with Gasteiger partial charge in [-0.25, -0.2) is 0 Å². The van der Waals surface area contributed by atoms with Crippen LogP contribution in [-0.4, -0.2) is 26.3 Å². The standard InChI is InChI=1S/C12H17N5O/c1-9(7-17-5-3-4-14-17)15-12(18)11-6-10(13)8-16(11)2/h3-6,8-9H,7,13H2,1-2H3,(H,15,18). The first-order chi connectivity index (χ1) is 8.56. The average molecular weight is 247 g/mol. The Morgan fingerprint density at radius 2 is 2.39 bits per heavy atom. The van der Waals surface area contributed by atoms with Gasteiger partial charge in [-0.05, 0) is 19.1 Å². The van der Waals surface area contributed by atoms with Crippen LogP contribution in [0.15, 0.2) is 30.7 Å². The molecule has 0 saturated heterocycles. The SMILES string of the molecule is CC(Cn1cccn1)NC(=O)c1cc(N)cn1C. The molecule has 0 saturated carbocycles. The number of hydrogen-bond acceptors (Lipinski definition) is 3. The number of nitrogens with two attached hydrogens (primary N) is 1. The minimum absolute atomic E-state index is 0.00600. The Labute approximate surface area is 105 Å². The van der Waals surface area contributed by atoms with E-state index in [1.165, 1.54) is 0 Å². The van der Waals surface area contributed by atoms with Crippen molar-refractivity contribution >= 4 is 11.6 Å². The zero-order chi connectivity index (χ0) is 13.1. The fourth-order valence-corrected chi connectivity index (χ4v) is 1.85. The third kappa shape index (κ3) is 2.71. The van der Waals surface area contributed by atoms with Crippen LogP contribution < -0.4 is 11.1 Å². The second kappa shape index (κ2) is 4.95. The number of carbonyl (C=O) groups is 1. The summed E-state index contributed by atoms with van der Waals surface area (Å²) in [5.41, 5.74) is 6.78. The van der Waals surface area contributed by atoms with Gasteiger partial charge in [0.1, 0.15) is 5.69 Å². The highest BCUT2D eigenvalue weighted by Gasteiger charge is 2.13. The van der Waals surface area contributed by atoms with Crippen molar-refractivity contribution in [1.29, 1.82) is 0 Å². The molecule has 0 radical (unpaired) electrons. The molecule has 0 aliphatic heterocycles. The highest BCUT2D eigenvalue weighted by molar-refractivity contribution is 5.93. The first-order valence-corrected chi connectivity index (χ1v) is 5.76. The molecule has 2 aromatic rings. The summed E-state index contributed by atoms with van der Waals surface area (Å²) in [6, 6.07) is 3.51. The minimum Gasteiger partial charge on any atom is -0.397 e. The molecule has 0 aliphatic carbocycles. The van der Waals surface area contributed by atoms with Crippen molar-refractivity contribution in [3.8, 4) is 0 Å². The fraction of sp³-hybridized carbons (Fsp3) is 0.333. The van der Waals surface area contributed by atoms with Crippen molar-refractivity contribution in [3.63, 3.8) is 0 Å². The van der Waals surface area contributed by atoms with Crippen LogP contribution in [0, 0.1) is 0 Å². The van der Waals surface area contributed by atoms with Crippen LogP contribution in [0.2, 0.25) is 0 Å². The van der Waals surface area contributed by atoms with Crippen LogP contribution in [0.1, 0.15) is 17.4 Å². The Balaban J connectivity index is 1.97. The number of nitrogen functional groups attached to an aromatic ring is 1. The molecule has 0 fully saturated rings. The monoisotopic (exact) mass is 247 g/mol. The lowest BCUT2D eigenvalue weighted by molar-refractivity contribution is 0.0928. The van der Waals surface area contributed by atoms with Crippen LogP contribution in [0.5, 0.6) is 0 Å². The number of nitrogens with one attached hydrogen (secondary N) is 1. The van der Waals surface area contributed by atoms with E-state index in [0.717, 1.165) is 0 Å². The van der Waals surface area contributed by atoms with Crippen LogP contribution >= 0.6 is 0 Å². The second-order valence-electron chi connectivity index (χ2n) is 4.37. The summed E-state index contributed by atoms with van der Waals surface area (Å²) in [5.74, 6) is -0.131. The molecule has 2 heterocycles. The van der Waals surface area contributed by atoms with Gasteiger partial charge in [0, 0.05) is 31.7 Å². The van der Waals surface area contributed by atoms with E-state index in [0.29, 0.717) is 17.9 Å². The maximum Gasteiger partial charge on any atom is 0.268 e. The number of nitrogens with zero attached hydrogens (tertiary/aromatic N) is 3. The molecule has 3 N–H and O–H groups in total. The average Bonchev–Trinajstić information content (AvgIpc) is 2.88. The van der Waals surface area contributed by atoms with Crippen LogP contribution in [-0.2, 0) is 13.6 Å². The number of amides is 1. The number of aryl methyl sites for hydroxylation is 1. The zero-order valence-corrected chi connectivity index (χ0v) is 10.5. The number of hydrogen-bond donors (Lipinski definition) is 2. The van der Waals surface area contributed by atoms with E-state index in [-0.39, 0.29) is 11.9 Å². The van der Waals surface area contributed by atoms with E-state index < -0.39 is 0 Å². The highest BCUT2D eigenvalue weighted by Crippen LogP contribution is 2.08. The Hall–Kier alpha value is -2.24. The predicted molar refractivity (Wildman–Crippen MR) is 69.0 cm³/mol. The summed E-state index contributed by atoms with van der Waals surface area (Å²) in [5, 5.41) is 7.01. The Morgan fingerprint density at radius 3 is 2.94 bits per heavy atom. The van der Waals surface area contributed by atoms with Crippen LogP contribution in [0.25, 0.3) is 0 Å². The van der Waals surface area contributed by atoms with Gasteiger partial charge in [-0.2, -0.15) is 5.10 Å². The Bertz CT molecular complexity index is 529. The van der Waals surface area contributed by atoms with Crippen molar-refractivity contribution in [1.82, 2.24) is 19.7 Å². The van der Waals surface area contributed by atoms with E-state index >= 15 is 0 Å². The molecule has 1 unspecified atom stereocenters. The molecule has 2 aromatic heterocycles. The lowest BCUT2D eigenvalue weighted by Gasteiger charge is -2.14. The molecule has 6 nitrogen and oxygen atoms in total. The van der Waals surface area contributed by atoms with E-state index in [9.17, 15) is 4.79 Å². The number of carbonyl (C=O) groups excluding carboxylic acids is 1.